The fourth-order valence-corrected chi connectivity index (χ4v) is 2.65. The van der Waals surface area contributed by atoms with E-state index in [2.05, 4.69) is 27.3 Å². The van der Waals surface area contributed by atoms with Gasteiger partial charge in [0, 0.05) is 30.5 Å². The summed E-state index contributed by atoms with van der Waals surface area (Å²) in [6, 6.07) is 5.98. The SMILES string of the molecule is O=C(O)CCCNC(=O)N1CCc2cc(Br)ccc2C1. The van der Waals surface area contributed by atoms with E-state index in [1.54, 1.807) is 4.90 Å². The van der Waals surface area contributed by atoms with Gasteiger partial charge in [0.15, 0.2) is 0 Å². The maximum atomic E-state index is 12.0. The Morgan fingerprint density at radius 3 is 2.90 bits per heavy atom. The van der Waals surface area contributed by atoms with Crippen molar-refractivity contribution < 1.29 is 14.7 Å². The van der Waals surface area contributed by atoms with Crippen molar-refractivity contribution in [2.24, 2.45) is 0 Å². The largest absolute Gasteiger partial charge is 0.481 e. The Kier molecular flexibility index (Phi) is 5.00. The number of aliphatic carboxylic acids is 1. The molecule has 0 unspecified atom stereocenters. The lowest BCUT2D eigenvalue weighted by Gasteiger charge is -2.29. The molecular weight excluding hydrogens is 324 g/mol. The Hall–Kier alpha value is -1.56. The third kappa shape index (κ3) is 3.96. The van der Waals surface area contributed by atoms with Crippen molar-refractivity contribution in [1.82, 2.24) is 10.2 Å². The highest BCUT2D eigenvalue weighted by Crippen LogP contribution is 2.22. The first kappa shape index (κ1) is 14.8. The van der Waals surface area contributed by atoms with Crippen LogP contribution in [0, 0.1) is 0 Å². The van der Waals surface area contributed by atoms with Gasteiger partial charge in [-0.15, -0.1) is 0 Å². The summed E-state index contributed by atoms with van der Waals surface area (Å²) >= 11 is 3.45. The van der Waals surface area contributed by atoms with Gasteiger partial charge < -0.3 is 15.3 Å². The number of benzene rings is 1. The topological polar surface area (TPSA) is 69.6 Å². The predicted molar refractivity (Wildman–Crippen MR) is 78.5 cm³/mol. The van der Waals surface area contributed by atoms with E-state index in [0.29, 0.717) is 26.1 Å². The maximum Gasteiger partial charge on any atom is 0.317 e. The highest BCUT2D eigenvalue weighted by molar-refractivity contribution is 9.10. The summed E-state index contributed by atoms with van der Waals surface area (Å²) in [5.41, 5.74) is 2.44. The Morgan fingerprint density at radius 1 is 1.35 bits per heavy atom. The number of rotatable bonds is 4. The molecule has 1 aromatic rings. The smallest absolute Gasteiger partial charge is 0.317 e. The average Bonchev–Trinajstić information content (AvgIpc) is 2.42. The minimum absolute atomic E-state index is 0.0805. The number of nitrogens with zero attached hydrogens (tertiary/aromatic N) is 1. The molecule has 0 atom stereocenters. The second kappa shape index (κ2) is 6.74. The van der Waals surface area contributed by atoms with Crippen molar-refractivity contribution >= 4 is 27.9 Å². The molecule has 2 rings (SSSR count). The maximum absolute atomic E-state index is 12.0. The second-order valence-electron chi connectivity index (χ2n) is 4.81. The third-order valence-corrected chi connectivity index (χ3v) is 3.80. The van der Waals surface area contributed by atoms with Crippen LogP contribution >= 0.6 is 15.9 Å². The van der Waals surface area contributed by atoms with Crippen molar-refractivity contribution in [3.05, 3.63) is 33.8 Å². The van der Waals surface area contributed by atoms with Gasteiger partial charge in [-0.25, -0.2) is 4.79 Å². The molecule has 5 nitrogen and oxygen atoms in total. The van der Waals surface area contributed by atoms with Gasteiger partial charge in [-0.1, -0.05) is 22.0 Å². The summed E-state index contributed by atoms with van der Waals surface area (Å²) in [4.78, 5) is 24.1. The second-order valence-corrected chi connectivity index (χ2v) is 5.73. The van der Waals surface area contributed by atoms with E-state index >= 15 is 0 Å². The molecular formula is C14H17BrN2O3. The molecule has 6 heteroatoms. The van der Waals surface area contributed by atoms with Crippen LogP contribution in [0.25, 0.3) is 0 Å². The van der Waals surface area contributed by atoms with Gasteiger partial charge in [-0.2, -0.15) is 0 Å². The molecule has 0 radical (unpaired) electrons. The minimum atomic E-state index is -0.836. The van der Waals surface area contributed by atoms with E-state index in [1.807, 2.05) is 12.1 Å². The molecule has 0 aliphatic carbocycles. The summed E-state index contributed by atoms with van der Waals surface area (Å²) in [6.45, 7) is 1.69. The van der Waals surface area contributed by atoms with Crippen molar-refractivity contribution in [2.75, 3.05) is 13.1 Å². The zero-order valence-electron chi connectivity index (χ0n) is 11.1. The minimum Gasteiger partial charge on any atom is -0.481 e. The molecule has 0 bridgehead atoms. The number of halogens is 1. The van der Waals surface area contributed by atoms with Crippen molar-refractivity contribution in [1.29, 1.82) is 0 Å². The van der Waals surface area contributed by atoms with Crippen molar-refractivity contribution in [3.63, 3.8) is 0 Å². The number of carboxylic acid groups (broad SMARTS) is 1. The number of hydrogen-bond donors (Lipinski definition) is 2. The number of carbonyl (C=O) groups excluding carboxylic acids is 1. The molecule has 0 aromatic heterocycles. The molecule has 0 spiro atoms. The summed E-state index contributed by atoms with van der Waals surface area (Å²) in [5.74, 6) is -0.836. The van der Waals surface area contributed by atoms with E-state index in [9.17, 15) is 9.59 Å². The average molecular weight is 341 g/mol. The first-order valence-corrected chi connectivity index (χ1v) is 7.37. The fourth-order valence-electron chi connectivity index (χ4n) is 2.24. The molecule has 0 saturated heterocycles. The molecule has 1 aromatic carbocycles. The number of carboxylic acids is 1. The van der Waals surface area contributed by atoms with Crippen LogP contribution in [0.5, 0.6) is 0 Å². The van der Waals surface area contributed by atoms with Crippen LogP contribution in [0.4, 0.5) is 4.79 Å². The van der Waals surface area contributed by atoms with Crippen LogP contribution in [0.2, 0.25) is 0 Å². The highest BCUT2D eigenvalue weighted by atomic mass is 79.9. The molecule has 108 valence electrons. The molecule has 1 heterocycles. The lowest BCUT2D eigenvalue weighted by atomic mass is 10.0. The van der Waals surface area contributed by atoms with E-state index in [-0.39, 0.29) is 12.5 Å². The summed E-state index contributed by atoms with van der Waals surface area (Å²) in [7, 11) is 0. The number of hydrogen-bond acceptors (Lipinski definition) is 2. The molecule has 1 aliphatic heterocycles. The number of carbonyl (C=O) groups is 2. The van der Waals surface area contributed by atoms with Gasteiger partial charge in [0.2, 0.25) is 0 Å². The van der Waals surface area contributed by atoms with Crippen molar-refractivity contribution in [3.8, 4) is 0 Å². The van der Waals surface area contributed by atoms with Crippen LogP contribution in [0.15, 0.2) is 22.7 Å². The van der Waals surface area contributed by atoms with Gasteiger partial charge in [0.1, 0.15) is 0 Å². The molecule has 0 saturated carbocycles. The van der Waals surface area contributed by atoms with E-state index in [4.69, 9.17) is 5.11 Å². The molecule has 0 fully saturated rings. The normalized spacial score (nSPS) is 13.8. The van der Waals surface area contributed by atoms with Crippen LogP contribution in [-0.4, -0.2) is 35.1 Å². The molecule has 2 amide bonds. The van der Waals surface area contributed by atoms with Crippen LogP contribution in [0.1, 0.15) is 24.0 Å². The van der Waals surface area contributed by atoms with Gasteiger partial charge in [0.25, 0.3) is 0 Å². The van der Waals surface area contributed by atoms with Crippen LogP contribution in [0.3, 0.4) is 0 Å². The quantitative estimate of drug-likeness (QED) is 0.826. The number of nitrogens with one attached hydrogen (secondary N) is 1. The zero-order valence-corrected chi connectivity index (χ0v) is 12.6. The summed E-state index contributed by atoms with van der Waals surface area (Å²) < 4.78 is 1.06. The monoisotopic (exact) mass is 340 g/mol. The molecule has 1 aliphatic rings. The Bertz CT molecular complexity index is 519. The predicted octanol–water partition coefficient (Wildman–Crippen LogP) is 2.38. The zero-order chi connectivity index (χ0) is 14.5. The van der Waals surface area contributed by atoms with Crippen LogP contribution in [-0.2, 0) is 17.8 Å². The Morgan fingerprint density at radius 2 is 2.15 bits per heavy atom. The highest BCUT2D eigenvalue weighted by Gasteiger charge is 2.20. The first-order chi connectivity index (χ1) is 9.56. The van der Waals surface area contributed by atoms with Crippen LogP contribution < -0.4 is 5.32 Å². The van der Waals surface area contributed by atoms with Gasteiger partial charge in [-0.05, 0) is 36.1 Å². The first-order valence-electron chi connectivity index (χ1n) is 6.58. The lowest BCUT2D eigenvalue weighted by Crippen LogP contribution is -2.43. The Balaban J connectivity index is 1.84. The molecule has 2 N–H and O–H groups in total. The summed E-state index contributed by atoms with van der Waals surface area (Å²) in [5, 5.41) is 11.3. The lowest BCUT2D eigenvalue weighted by molar-refractivity contribution is -0.137. The van der Waals surface area contributed by atoms with Crippen molar-refractivity contribution in [2.45, 2.75) is 25.8 Å². The number of fused-ring (bicyclic) bond motifs is 1. The van der Waals surface area contributed by atoms with E-state index < -0.39 is 5.97 Å². The van der Waals surface area contributed by atoms with E-state index in [0.717, 1.165) is 10.9 Å². The van der Waals surface area contributed by atoms with Gasteiger partial charge in [-0.3, -0.25) is 4.79 Å². The number of amides is 2. The van der Waals surface area contributed by atoms with Gasteiger partial charge in [0.05, 0.1) is 0 Å². The Labute approximate surface area is 126 Å². The third-order valence-electron chi connectivity index (χ3n) is 3.31. The molecule has 20 heavy (non-hydrogen) atoms. The fraction of sp³-hybridized carbons (Fsp3) is 0.429. The van der Waals surface area contributed by atoms with E-state index in [1.165, 1.54) is 11.1 Å². The van der Waals surface area contributed by atoms with Gasteiger partial charge >= 0.3 is 12.0 Å². The number of urea groups is 1. The standard InChI is InChI=1S/C14H17BrN2O3/c15-12-4-3-11-9-17(7-5-10(11)8-12)14(20)16-6-1-2-13(18)19/h3-4,8H,1-2,5-7,9H2,(H,16,20)(H,18,19). The summed E-state index contributed by atoms with van der Waals surface area (Å²) in [6.07, 6.45) is 1.38.